The molecule has 2 aromatic heterocycles. The van der Waals surface area contributed by atoms with Gasteiger partial charge in [-0.05, 0) is 86.0 Å². The van der Waals surface area contributed by atoms with E-state index in [0.717, 1.165) is 63.0 Å². The number of hydrogen-bond acceptors (Lipinski definition) is 3. The van der Waals surface area contributed by atoms with Crippen LogP contribution in [-0.4, -0.2) is 16.1 Å². The number of rotatable bonds is 6. The number of nitrogens with zero attached hydrogens (tertiary/aromatic N) is 4. The van der Waals surface area contributed by atoms with E-state index in [9.17, 15) is 0 Å². The van der Waals surface area contributed by atoms with Crippen molar-refractivity contribution in [3.05, 3.63) is 211 Å². The molecule has 5 heteroatoms. The van der Waals surface area contributed by atoms with Crippen LogP contribution in [0.25, 0.3) is 49.4 Å². The van der Waals surface area contributed by atoms with E-state index in [0.29, 0.717) is 5.84 Å². The number of aliphatic imine (C=N–C) groups is 2. The Morgan fingerprint density at radius 1 is 0.672 bits per heavy atom. The average Bonchev–Trinajstić information content (AvgIpc) is 3.93. The number of amidine groups is 1. The van der Waals surface area contributed by atoms with Gasteiger partial charge in [0, 0.05) is 73.0 Å². The minimum Gasteiger partial charge on any atom is -0.456 e. The molecule has 3 heterocycles. The molecular formula is C53H40N4O. The first-order valence-electron chi connectivity index (χ1n) is 20.1. The molecule has 2 aliphatic carbocycles. The van der Waals surface area contributed by atoms with E-state index in [1.807, 2.05) is 18.2 Å². The van der Waals surface area contributed by atoms with Crippen LogP contribution >= 0.6 is 0 Å². The lowest BCUT2D eigenvalue weighted by atomic mass is 9.91. The fourth-order valence-corrected chi connectivity index (χ4v) is 9.17. The van der Waals surface area contributed by atoms with E-state index < -0.39 is 0 Å². The summed E-state index contributed by atoms with van der Waals surface area (Å²) in [5.74, 6) is 1.04. The number of allylic oxidation sites excluding steroid dienone is 8. The average molecular weight is 749 g/mol. The summed E-state index contributed by atoms with van der Waals surface area (Å²) < 4.78 is 8.98. The highest BCUT2D eigenvalue weighted by Crippen LogP contribution is 2.53. The summed E-state index contributed by atoms with van der Waals surface area (Å²) in [6.45, 7) is 6.44. The smallest absolute Gasteiger partial charge is 0.159 e. The van der Waals surface area contributed by atoms with Crippen LogP contribution in [0.15, 0.2) is 208 Å². The lowest BCUT2D eigenvalue weighted by molar-refractivity contribution is 0.669. The third kappa shape index (κ3) is 5.53. The van der Waals surface area contributed by atoms with Crippen molar-refractivity contribution < 1.29 is 4.42 Å². The molecular weight excluding hydrogens is 709 g/mol. The molecule has 6 aromatic carbocycles. The molecule has 0 radical (unpaired) electrons. The fourth-order valence-electron chi connectivity index (χ4n) is 9.17. The number of furan rings is 1. The third-order valence-corrected chi connectivity index (χ3v) is 11.9. The van der Waals surface area contributed by atoms with Crippen molar-refractivity contribution in [3.8, 4) is 5.69 Å². The van der Waals surface area contributed by atoms with Crippen LogP contribution in [0, 0.1) is 5.92 Å². The van der Waals surface area contributed by atoms with Gasteiger partial charge in [0.1, 0.15) is 11.2 Å². The largest absolute Gasteiger partial charge is 0.456 e. The predicted molar refractivity (Wildman–Crippen MR) is 242 cm³/mol. The second-order valence-electron chi connectivity index (χ2n) is 15.4. The fraction of sp³-hybridized carbons (Fsp3) is 0.0943. The quantitative estimate of drug-likeness (QED) is 0.126. The second kappa shape index (κ2) is 13.7. The summed E-state index contributed by atoms with van der Waals surface area (Å²) in [7, 11) is 0. The Morgan fingerprint density at radius 2 is 1.48 bits per heavy atom. The molecule has 11 rings (SSSR count). The van der Waals surface area contributed by atoms with Crippen molar-refractivity contribution in [2.75, 3.05) is 4.90 Å². The molecule has 2 atom stereocenters. The van der Waals surface area contributed by atoms with Crippen molar-refractivity contribution in [3.63, 3.8) is 0 Å². The van der Waals surface area contributed by atoms with Gasteiger partial charge in [-0.25, -0.2) is 9.98 Å². The first-order chi connectivity index (χ1) is 28.6. The van der Waals surface area contributed by atoms with E-state index in [4.69, 9.17) is 14.4 Å². The number of hydrogen-bond donors (Lipinski definition) is 0. The van der Waals surface area contributed by atoms with Gasteiger partial charge < -0.3 is 13.9 Å². The van der Waals surface area contributed by atoms with Gasteiger partial charge in [-0.15, -0.1) is 0 Å². The molecule has 1 aliphatic heterocycles. The molecule has 58 heavy (non-hydrogen) atoms. The molecule has 0 amide bonds. The highest BCUT2D eigenvalue weighted by Gasteiger charge is 2.36. The Bertz CT molecular complexity index is 3150. The summed E-state index contributed by atoms with van der Waals surface area (Å²) in [6.07, 6.45) is 17.1. The lowest BCUT2D eigenvalue weighted by Gasteiger charge is -2.24. The summed E-state index contributed by atoms with van der Waals surface area (Å²) in [6, 6.07) is 47.4. The Labute approximate surface area is 337 Å². The zero-order chi connectivity index (χ0) is 38.7. The normalized spacial score (nSPS) is 17.7. The molecule has 0 saturated heterocycles. The van der Waals surface area contributed by atoms with E-state index >= 15 is 0 Å². The van der Waals surface area contributed by atoms with Crippen LogP contribution in [0.1, 0.15) is 42.4 Å². The van der Waals surface area contributed by atoms with Crippen molar-refractivity contribution in [2.24, 2.45) is 15.9 Å². The van der Waals surface area contributed by atoms with E-state index in [1.54, 1.807) is 0 Å². The van der Waals surface area contributed by atoms with Gasteiger partial charge in [0.2, 0.25) is 0 Å². The molecule has 278 valence electrons. The lowest BCUT2D eigenvalue weighted by Crippen LogP contribution is -2.14. The van der Waals surface area contributed by atoms with Gasteiger partial charge in [-0.1, -0.05) is 122 Å². The maximum Gasteiger partial charge on any atom is 0.159 e. The topological polar surface area (TPSA) is 46.0 Å². The summed E-state index contributed by atoms with van der Waals surface area (Å²) in [5.41, 5.74) is 13.9. The van der Waals surface area contributed by atoms with Gasteiger partial charge in [0.05, 0.1) is 16.7 Å². The van der Waals surface area contributed by atoms with Crippen molar-refractivity contribution in [1.29, 1.82) is 0 Å². The van der Waals surface area contributed by atoms with E-state index in [2.05, 4.69) is 181 Å². The van der Waals surface area contributed by atoms with Gasteiger partial charge in [-0.3, -0.25) is 0 Å². The van der Waals surface area contributed by atoms with Crippen molar-refractivity contribution >= 4 is 66.7 Å². The molecule has 0 bridgehead atoms. The first-order valence-corrected chi connectivity index (χ1v) is 20.1. The standard InChI is InChI=1S/C53H40N4O/c1-34(36-17-6-3-7-18-36)54-53(37-19-8-4-9-20-37)55-35(2)40-25-16-28-51-52(40)45-31-39(29-30-50(45)58-51)57-47-27-15-13-24-42(47)44-32-48-43(33-49(44)57)41-23-12-14-26-46(41)56(48)38-21-10-5-11-22-38/h3-17,19-23,25-33,36,42H,1,18,24H2,2H3/b54-53-,55-35+. The summed E-state index contributed by atoms with van der Waals surface area (Å²) in [4.78, 5) is 12.8. The highest BCUT2D eigenvalue weighted by molar-refractivity contribution is 6.21. The van der Waals surface area contributed by atoms with Crippen LogP contribution in [0.4, 0.5) is 11.4 Å². The van der Waals surface area contributed by atoms with Gasteiger partial charge in [0.15, 0.2) is 5.84 Å². The Balaban J connectivity index is 1.06. The van der Waals surface area contributed by atoms with Crippen LogP contribution < -0.4 is 4.90 Å². The second-order valence-corrected chi connectivity index (χ2v) is 15.4. The molecule has 8 aromatic rings. The molecule has 0 saturated carbocycles. The molecule has 3 aliphatic rings. The minimum absolute atomic E-state index is 0.141. The van der Waals surface area contributed by atoms with Crippen LogP contribution in [0.2, 0.25) is 0 Å². The number of anilines is 2. The van der Waals surface area contributed by atoms with Gasteiger partial charge in [-0.2, -0.15) is 0 Å². The number of fused-ring (bicyclic) bond motifs is 9. The Hall–Kier alpha value is -7.24. The number of para-hydroxylation sites is 2. The van der Waals surface area contributed by atoms with E-state index in [1.165, 1.54) is 44.4 Å². The van der Waals surface area contributed by atoms with Crippen LogP contribution in [0.3, 0.4) is 0 Å². The summed E-state index contributed by atoms with van der Waals surface area (Å²) >= 11 is 0. The monoisotopic (exact) mass is 748 g/mol. The third-order valence-electron chi connectivity index (χ3n) is 11.9. The Morgan fingerprint density at radius 3 is 2.33 bits per heavy atom. The minimum atomic E-state index is 0.141. The first kappa shape index (κ1) is 34.0. The summed E-state index contributed by atoms with van der Waals surface area (Å²) in [5, 5.41) is 4.59. The number of aromatic nitrogens is 1. The van der Waals surface area contributed by atoms with Crippen molar-refractivity contribution in [2.45, 2.75) is 25.7 Å². The van der Waals surface area contributed by atoms with Gasteiger partial charge in [0.25, 0.3) is 0 Å². The molecule has 0 N–H and O–H groups in total. The maximum atomic E-state index is 6.56. The highest BCUT2D eigenvalue weighted by atomic mass is 16.3. The van der Waals surface area contributed by atoms with Crippen LogP contribution in [0.5, 0.6) is 0 Å². The van der Waals surface area contributed by atoms with Crippen molar-refractivity contribution in [1.82, 2.24) is 4.57 Å². The van der Waals surface area contributed by atoms with E-state index in [-0.39, 0.29) is 11.8 Å². The number of benzene rings is 6. The molecule has 5 nitrogen and oxygen atoms in total. The molecule has 0 fully saturated rings. The maximum absolute atomic E-state index is 6.56. The van der Waals surface area contributed by atoms with Crippen LogP contribution in [-0.2, 0) is 0 Å². The molecule has 2 unspecified atom stereocenters. The SMILES string of the molecule is C=C(/N=C(\N=C(/C)c1cccc2oc3ccc(N4C5=CC=CCC5c5cc6c(cc54)c4ccccc4n6-c4ccccc4)cc3c12)c1ccccc1)C1C=CC=CC1. The zero-order valence-corrected chi connectivity index (χ0v) is 32.2. The predicted octanol–water partition coefficient (Wildman–Crippen LogP) is 13.7. The van der Waals surface area contributed by atoms with Gasteiger partial charge >= 0.3 is 0 Å². The zero-order valence-electron chi connectivity index (χ0n) is 32.2. The molecule has 0 spiro atoms. The Kier molecular flexibility index (Phi) is 8.07.